The first-order chi connectivity index (χ1) is 15.6. The van der Waals surface area contributed by atoms with Gasteiger partial charge in [-0.3, -0.25) is 9.59 Å². The molecule has 2 aromatic carbocycles. The first kappa shape index (κ1) is 23.0. The van der Waals surface area contributed by atoms with Gasteiger partial charge >= 0.3 is 0 Å². The lowest BCUT2D eigenvalue weighted by atomic mass is 10.1. The van der Waals surface area contributed by atoms with Gasteiger partial charge in [-0.2, -0.15) is 5.10 Å². The molecule has 164 valence electrons. The molecule has 3 rings (SSSR count). The summed E-state index contributed by atoms with van der Waals surface area (Å²) in [6, 6.07) is 20.4. The van der Waals surface area contributed by atoms with Gasteiger partial charge in [0.2, 0.25) is 0 Å². The number of carbonyl (C=O) groups is 2. The van der Waals surface area contributed by atoms with E-state index >= 15 is 0 Å². The lowest BCUT2D eigenvalue weighted by Crippen LogP contribution is -2.32. The van der Waals surface area contributed by atoms with E-state index < -0.39 is 5.91 Å². The third kappa shape index (κ3) is 6.39. The van der Waals surface area contributed by atoms with Crippen LogP contribution in [0.4, 0.5) is 5.69 Å². The standard InChI is InChI=1S/C25H26N4O2S/c1-3-29(4-2)21-14-12-19(13-15-21)17-23(27-24(30)20-9-6-5-7-10-20)25(31)28-26-18-22-11-8-16-32-22/h5-18H,3-4H2,1-2H3,(H,27,30)(H,28,31)/b23-17+,26-18+. The second-order valence-electron chi connectivity index (χ2n) is 6.86. The van der Waals surface area contributed by atoms with Gasteiger partial charge in [-0.1, -0.05) is 36.4 Å². The third-order valence-corrected chi connectivity index (χ3v) is 5.57. The van der Waals surface area contributed by atoms with Crippen molar-refractivity contribution in [1.82, 2.24) is 10.7 Å². The highest BCUT2D eigenvalue weighted by molar-refractivity contribution is 7.11. The van der Waals surface area contributed by atoms with Crippen LogP contribution in [0.5, 0.6) is 0 Å². The second-order valence-corrected chi connectivity index (χ2v) is 7.84. The van der Waals surface area contributed by atoms with Crippen molar-refractivity contribution in [3.8, 4) is 0 Å². The topological polar surface area (TPSA) is 73.8 Å². The molecule has 0 aliphatic heterocycles. The van der Waals surface area contributed by atoms with Gasteiger partial charge in [0.1, 0.15) is 5.70 Å². The van der Waals surface area contributed by atoms with Gasteiger partial charge in [0.25, 0.3) is 11.8 Å². The van der Waals surface area contributed by atoms with Crippen molar-refractivity contribution in [2.24, 2.45) is 5.10 Å². The molecule has 0 fully saturated rings. The SMILES string of the molecule is CCN(CC)c1ccc(/C=C(/NC(=O)c2ccccc2)C(=O)N/N=C/c2cccs2)cc1. The van der Waals surface area contributed by atoms with E-state index in [2.05, 4.69) is 34.6 Å². The van der Waals surface area contributed by atoms with Crippen molar-refractivity contribution in [2.75, 3.05) is 18.0 Å². The Kier molecular flexibility index (Phi) is 8.34. The van der Waals surface area contributed by atoms with Gasteiger partial charge in [-0.15, -0.1) is 11.3 Å². The van der Waals surface area contributed by atoms with Gasteiger partial charge in [-0.25, -0.2) is 5.43 Å². The van der Waals surface area contributed by atoms with Crippen LogP contribution in [0.2, 0.25) is 0 Å². The minimum atomic E-state index is -0.505. The first-order valence-electron chi connectivity index (χ1n) is 10.4. The van der Waals surface area contributed by atoms with Gasteiger partial charge < -0.3 is 10.2 Å². The Labute approximate surface area is 192 Å². The summed E-state index contributed by atoms with van der Waals surface area (Å²) >= 11 is 1.51. The summed E-state index contributed by atoms with van der Waals surface area (Å²) in [6.45, 7) is 6.04. The van der Waals surface area contributed by atoms with E-state index in [9.17, 15) is 9.59 Å². The van der Waals surface area contributed by atoms with E-state index in [1.165, 1.54) is 11.3 Å². The molecule has 0 aliphatic rings. The smallest absolute Gasteiger partial charge is 0.287 e. The van der Waals surface area contributed by atoms with E-state index in [0.29, 0.717) is 5.56 Å². The number of hydrogen-bond acceptors (Lipinski definition) is 5. The number of nitrogens with zero attached hydrogens (tertiary/aromatic N) is 2. The fourth-order valence-corrected chi connectivity index (χ4v) is 3.64. The summed E-state index contributed by atoms with van der Waals surface area (Å²) in [5, 5.41) is 8.64. The number of carbonyl (C=O) groups excluding carboxylic acids is 2. The molecule has 3 aromatic rings. The highest BCUT2D eigenvalue weighted by atomic mass is 32.1. The molecule has 7 heteroatoms. The van der Waals surface area contributed by atoms with Gasteiger partial charge in [-0.05, 0) is 61.2 Å². The Balaban J connectivity index is 1.81. The quantitative estimate of drug-likeness (QED) is 0.288. The molecule has 0 radical (unpaired) electrons. The number of amides is 2. The van der Waals surface area contributed by atoms with Crippen molar-refractivity contribution in [3.05, 3.63) is 93.8 Å². The number of hydrogen-bond donors (Lipinski definition) is 2. The largest absolute Gasteiger partial charge is 0.372 e. The first-order valence-corrected chi connectivity index (χ1v) is 11.3. The Morgan fingerprint density at radius 3 is 2.31 bits per heavy atom. The Morgan fingerprint density at radius 1 is 0.969 bits per heavy atom. The lowest BCUT2D eigenvalue weighted by Gasteiger charge is -2.20. The molecule has 0 saturated carbocycles. The maximum absolute atomic E-state index is 12.8. The highest BCUT2D eigenvalue weighted by Gasteiger charge is 2.14. The monoisotopic (exact) mass is 446 g/mol. The zero-order valence-corrected chi connectivity index (χ0v) is 18.9. The van der Waals surface area contributed by atoms with Crippen LogP contribution in [0.15, 0.2) is 82.9 Å². The maximum atomic E-state index is 12.8. The van der Waals surface area contributed by atoms with Crippen molar-refractivity contribution in [1.29, 1.82) is 0 Å². The molecule has 0 saturated heterocycles. The molecule has 32 heavy (non-hydrogen) atoms. The van der Waals surface area contributed by atoms with Crippen LogP contribution in [-0.2, 0) is 4.79 Å². The number of benzene rings is 2. The summed E-state index contributed by atoms with van der Waals surface area (Å²) in [7, 11) is 0. The summed E-state index contributed by atoms with van der Waals surface area (Å²) in [6.07, 6.45) is 3.21. The number of anilines is 1. The molecule has 0 aliphatic carbocycles. The summed E-state index contributed by atoms with van der Waals surface area (Å²) < 4.78 is 0. The van der Waals surface area contributed by atoms with E-state index in [-0.39, 0.29) is 11.6 Å². The molecule has 1 heterocycles. The van der Waals surface area contributed by atoms with Crippen LogP contribution < -0.4 is 15.6 Å². The van der Waals surface area contributed by atoms with Gasteiger partial charge in [0.15, 0.2) is 0 Å². The zero-order valence-electron chi connectivity index (χ0n) is 18.1. The van der Waals surface area contributed by atoms with Gasteiger partial charge in [0, 0.05) is 29.2 Å². The Bertz CT molecular complexity index is 1070. The maximum Gasteiger partial charge on any atom is 0.287 e. The van der Waals surface area contributed by atoms with Crippen molar-refractivity contribution < 1.29 is 9.59 Å². The highest BCUT2D eigenvalue weighted by Crippen LogP contribution is 2.16. The fourth-order valence-electron chi connectivity index (χ4n) is 3.06. The van der Waals surface area contributed by atoms with Crippen LogP contribution in [0.1, 0.15) is 34.6 Å². The van der Waals surface area contributed by atoms with Crippen LogP contribution in [0, 0.1) is 0 Å². The minimum absolute atomic E-state index is 0.109. The van der Waals surface area contributed by atoms with Crippen molar-refractivity contribution in [2.45, 2.75) is 13.8 Å². The molecule has 6 nitrogen and oxygen atoms in total. The predicted molar refractivity (Wildman–Crippen MR) is 132 cm³/mol. The number of nitrogens with one attached hydrogen (secondary N) is 2. The lowest BCUT2D eigenvalue weighted by molar-refractivity contribution is -0.117. The molecule has 0 bridgehead atoms. The summed E-state index contributed by atoms with van der Waals surface area (Å²) in [4.78, 5) is 28.6. The zero-order chi connectivity index (χ0) is 22.8. The average Bonchev–Trinajstić information content (AvgIpc) is 3.34. The molecular weight excluding hydrogens is 420 g/mol. The number of rotatable bonds is 9. The van der Waals surface area contributed by atoms with Crippen LogP contribution >= 0.6 is 11.3 Å². The van der Waals surface area contributed by atoms with Crippen molar-refractivity contribution in [3.63, 3.8) is 0 Å². The summed E-state index contributed by atoms with van der Waals surface area (Å²) in [5.74, 6) is -0.871. The van der Waals surface area contributed by atoms with Crippen LogP contribution in [0.25, 0.3) is 6.08 Å². The Morgan fingerprint density at radius 2 is 1.69 bits per heavy atom. The summed E-state index contributed by atoms with van der Waals surface area (Å²) in [5.41, 5.74) is 4.96. The minimum Gasteiger partial charge on any atom is -0.372 e. The average molecular weight is 447 g/mol. The van der Waals surface area contributed by atoms with E-state index in [1.54, 1.807) is 36.6 Å². The Hall–Kier alpha value is -3.71. The predicted octanol–water partition coefficient (Wildman–Crippen LogP) is 4.52. The number of thiophene rings is 1. The molecule has 0 atom stereocenters. The van der Waals surface area contributed by atoms with Crippen molar-refractivity contribution >= 4 is 41.1 Å². The van der Waals surface area contributed by atoms with E-state index in [4.69, 9.17) is 0 Å². The normalized spacial score (nSPS) is 11.4. The van der Waals surface area contributed by atoms with Crippen LogP contribution in [0.3, 0.4) is 0 Å². The number of hydrazone groups is 1. The molecule has 1 aromatic heterocycles. The fraction of sp³-hybridized carbons (Fsp3) is 0.160. The molecule has 2 amide bonds. The molecular formula is C25H26N4O2S. The van der Waals surface area contributed by atoms with Crippen LogP contribution in [-0.4, -0.2) is 31.1 Å². The van der Waals surface area contributed by atoms with Gasteiger partial charge in [0.05, 0.1) is 6.21 Å². The second kappa shape index (κ2) is 11.6. The molecule has 0 spiro atoms. The molecule has 2 N–H and O–H groups in total. The molecule has 0 unspecified atom stereocenters. The van der Waals surface area contributed by atoms with E-state index in [0.717, 1.165) is 29.2 Å². The third-order valence-electron chi connectivity index (χ3n) is 4.76. The van der Waals surface area contributed by atoms with E-state index in [1.807, 2.05) is 47.8 Å².